The van der Waals surface area contributed by atoms with Crippen LogP contribution >= 0.6 is 0 Å². The van der Waals surface area contributed by atoms with Crippen molar-refractivity contribution in [3.05, 3.63) is 71.5 Å². The van der Waals surface area contributed by atoms with Gasteiger partial charge in [-0.2, -0.15) is 9.97 Å². The highest BCUT2D eigenvalue weighted by Crippen LogP contribution is 2.27. The van der Waals surface area contributed by atoms with E-state index in [4.69, 9.17) is 4.74 Å². The van der Waals surface area contributed by atoms with Gasteiger partial charge in [-0.05, 0) is 45.4 Å². The highest BCUT2D eigenvalue weighted by atomic mass is 16.5. The van der Waals surface area contributed by atoms with E-state index >= 15 is 0 Å². The van der Waals surface area contributed by atoms with Crippen molar-refractivity contribution >= 4 is 17.0 Å². The summed E-state index contributed by atoms with van der Waals surface area (Å²) in [5.41, 5.74) is 5.08. The van der Waals surface area contributed by atoms with E-state index < -0.39 is 0 Å². The Morgan fingerprint density at radius 2 is 1.59 bits per heavy atom. The second kappa shape index (κ2) is 7.91. The molecule has 0 aliphatic carbocycles. The minimum Gasteiger partial charge on any atom is -0.424 e. The van der Waals surface area contributed by atoms with E-state index in [1.807, 2.05) is 35.8 Å². The first-order valence-corrected chi connectivity index (χ1v) is 9.78. The first-order chi connectivity index (χ1) is 14.0. The molecule has 0 atom stereocenters. The van der Waals surface area contributed by atoms with Gasteiger partial charge in [0.1, 0.15) is 5.75 Å². The number of rotatable bonds is 6. The van der Waals surface area contributed by atoms with Gasteiger partial charge in [-0.1, -0.05) is 47.5 Å². The van der Waals surface area contributed by atoms with Crippen LogP contribution in [0.4, 0.5) is 5.82 Å². The van der Waals surface area contributed by atoms with E-state index in [-0.39, 0.29) is 6.04 Å². The summed E-state index contributed by atoms with van der Waals surface area (Å²) in [5, 5.41) is 3.40. The lowest BCUT2D eigenvalue weighted by atomic mass is 10.1. The standard InChI is InChI=1S/C23H25N5O/c1-15(2)28-14-25-20-21(24-13-18-9-5-16(3)6-10-18)26-23(27-22(20)28)29-19-11-7-17(4)8-12-19/h5-12,14-15H,13H2,1-4H3,(H,24,26,27). The van der Waals surface area contributed by atoms with E-state index in [0.717, 1.165) is 11.2 Å². The molecule has 4 rings (SSSR count). The third-order valence-corrected chi connectivity index (χ3v) is 4.77. The van der Waals surface area contributed by atoms with Crippen molar-refractivity contribution in [3.8, 4) is 11.8 Å². The number of nitrogens with one attached hydrogen (secondary N) is 1. The van der Waals surface area contributed by atoms with Crippen LogP contribution in [0.5, 0.6) is 11.8 Å². The van der Waals surface area contributed by atoms with Crippen molar-refractivity contribution in [2.75, 3.05) is 5.32 Å². The van der Waals surface area contributed by atoms with Crippen LogP contribution in [0.3, 0.4) is 0 Å². The highest BCUT2D eigenvalue weighted by molar-refractivity contribution is 5.83. The summed E-state index contributed by atoms with van der Waals surface area (Å²) in [6.45, 7) is 8.97. The average Bonchev–Trinajstić information content (AvgIpc) is 3.13. The van der Waals surface area contributed by atoms with Gasteiger partial charge in [0.05, 0.1) is 6.33 Å². The monoisotopic (exact) mass is 387 g/mol. The second-order valence-corrected chi connectivity index (χ2v) is 7.53. The molecule has 1 N–H and O–H groups in total. The predicted octanol–water partition coefficient (Wildman–Crippen LogP) is 5.43. The molecule has 0 spiro atoms. The van der Waals surface area contributed by atoms with Crippen LogP contribution in [0.1, 0.15) is 36.6 Å². The molecule has 148 valence electrons. The lowest BCUT2D eigenvalue weighted by Gasteiger charge is -2.12. The topological polar surface area (TPSA) is 64.9 Å². The van der Waals surface area contributed by atoms with Crippen LogP contribution in [0.2, 0.25) is 0 Å². The van der Waals surface area contributed by atoms with E-state index in [1.54, 1.807) is 6.33 Å². The fraction of sp³-hybridized carbons (Fsp3) is 0.261. The van der Waals surface area contributed by atoms with Crippen molar-refractivity contribution in [3.63, 3.8) is 0 Å². The summed E-state index contributed by atoms with van der Waals surface area (Å²) in [5.74, 6) is 1.37. The van der Waals surface area contributed by atoms with Gasteiger partial charge in [0.2, 0.25) is 0 Å². The molecule has 0 aliphatic heterocycles. The highest BCUT2D eigenvalue weighted by Gasteiger charge is 2.16. The molecule has 0 amide bonds. The summed E-state index contributed by atoms with van der Waals surface area (Å²) in [6, 6.07) is 16.8. The van der Waals surface area contributed by atoms with Gasteiger partial charge >= 0.3 is 6.01 Å². The Morgan fingerprint density at radius 1 is 0.931 bits per heavy atom. The van der Waals surface area contributed by atoms with Crippen LogP contribution in [-0.2, 0) is 6.54 Å². The number of anilines is 1. The molecule has 0 unspecified atom stereocenters. The minimum absolute atomic E-state index is 0.229. The largest absolute Gasteiger partial charge is 0.424 e. The zero-order valence-electron chi connectivity index (χ0n) is 17.2. The number of fused-ring (bicyclic) bond motifs is 1. The lowest BCUT2D eigenvalue weighted by molar-refractivity contribution is 0.443. The molecule has 29 heavy (non-hydrogen) atoms. The molecule has 6 nitrogen and oxygen atoms in total. The van der Waals surface area contributed by atoms with Gasteiger partial charge in [0.15, 0.2) is 17.0 Å². The molecular formula is C23H25N5O. The average molecular weight is 387 g/mol. The van der Waals surface area contributed by atoms with Crippen molar-refractivity contribution in [1.29, 1.82) is 0 Å². The Bertz CT molecular complexity index is 1110. The predicted molar refractivity (Wildman–Crippen MR) is 115 cm³/mol. The fourth-order valence-electron chi connectivity index (χ4n) is 3.05. The van der Waals surface area contributed by atoms with Crippen LogP contribution in [0, 0.1) is 13.8 Å². The SMILES string of the molecule is Cc1ccc(CNc2nc(Oc3ccc(C)cc3)nc3c2ncn3C(C)C)cc1. The summed E-state index contributed by atoms with van der Waals surface area (Å²) in [6.07, 6.45) is 1.80. The molecule has 2 aromatic carbocycles. The van der Waals surface area contributed by atoms with Crippen molar-refractivity contribution in [2.45, 2.75) is 40.3 Å². The molecule has 0 radical (unpaired) electrons. The maximum Gasteiger partial charge on any atom is 0.326 e. The quantitative estimate of drug-likeness (QED) is 0.478. The summed E-state index contributed by atoms with van der Waals surface area (Å²) >= 11 is 0. The molecule has 4 aromatic rings. The number of ether oxygens (including phenoxy) is 1. The molecule has 0 saturated carbocycles. The van der Waals surface area contributed by atoms with Gasteiger partial charge < -0.3 is 14.6 Å². The number of aryl methyl sites for hydroxylation is 2. The van der Waals surface area contributed by atoms with Gasteiger partial charge in [-0.25, -0.2) is 4.98 Å². The lowest BCUT2D eigenvalue weighted by Crippen LogP contribution is -2.06. The Kier molecular flexibility index (Phi) is 5.16. The van der Waals surface area contributed by atoms with E-state index in [9.17, 15) is 0 Å². The summed E-state index contributed by atoms with van der Waals surface area (Å²) in [4.78, 5) is 13.8. The fourth-order valence-corrected chi connectivity index (χ4v) is 3.05. The van der Waals surface area contributed by atoms with E-state index in [0.29, 0.717) is 24.1 Å². The zero-order valence-corrected chi connectivity index (χ0v) is 17.2. The molecule has 6 heteroatoms. The first kappa shape index (κ1) is 18.9. The van der Waals surface area contributed by atoms with E-state index in [1.165, 1.54) is 16.7 Å². The first-order valence-electron chi connectivity index (χ1n) is 9.78. The summed E-state index contributed by atoms with van der Waals surface area (Å²) in [7, 11) is 0. The number of hydrogen-bond donors (Lipinski definition) is 1. The van der Waals surface area contributed by atoms with E-state index in [2.05, 4.69) is 65.3 Å². The second-order valence-electron chi connectivity index (χ2n) is 7.53. The number of benzene rings is 2. The number of hydrogen-bond acceptors (Lipinski definition) is 5. The minimum atomic E-state index is 0.229. The maximum absolute atomic E-state index is 5.95. The van der Waals surface area contributed by atoms with Gasteiger partial charge in [0.25, 0.3) is 0 Å². The molecule has 0 fully saturated rings. The molecule has 0 bridgehead atoms. The molecule has 0 aliphatic rings. The molecule has 0 saturated heterocycles. The molecule has 2 aromatic heterocycles. The Labute approximate surface area is 170 Å². The van der Waals surface area contributed by atoms with Crippen molar-refractivity contribution < 1.29 is 4.74 Å². The molecular weight excluding hydrogens is 362 g/mol. The van der Waals surface area contributed by atoms with Crippen LogP contribution in [0.15, 0.2) is 54.9 Å². The third kappa shape index (κ3) is 4.21. The van der Waals surface area contributed by atoms with Crippen molar-refractivity contribution in [2.24, 2.45) is 0 Å². The van der Waals surface area contributed by atoms with Gasteiger partial charge in [-0.15, -0.1) is 0 Å². The van der Waals surface area contributed by atoms with Crippen molar-refractivity contribution in [1.82, 2.24) is 19.5 Å². The Hall–Kier alpha value is -3.41. The maximum atomic E-state index is 5.95. The Balaban J connectivity index is 1.68. The third-order valence-electron chi connectivity index (χ3n) is 4.77. The molecule has 2 heterocycles. The van der Waals surface area contributed by atoms with Gasteiger partial charge in [0, 0.05) is 12.6 Å². The number of aromatic nitrogens is 4. The Morgan fingerprint density at radius 3 is 2.24 bits per heavy atom. The zero-order chi connectivity index (χ0) is 20.4. The number of nitrogens with zero attached hydrogens (tertiary/aromatic N) is 4. The number of imidazole rings is 1. The van der Waals surface area contributed by atoms with Crippen LogP contribution < -0.4 is 10.1 Å². The smallest absolute Gasteiger partial charge is 0.326 e. The van der Waals surface area contributed by atoms with Gasteiger partial charge in [-0.3, -0.25) is 0 Å². The normalized spacial score (nSPS) is 11.2. The van der Waals surface area contributed by atoms with Crippen LogP contribution in [-0.4, -0.2) is 19.5 Å². The summed E-state index contributed by atoms with van der Waals surface area (Å²) < 4.78 is 7.97. The van der Waals surface area contributed by atoms with Crippen LogP contribution in [0.25, 0.3) is 11.2 Å².